The van der Waals surface area contributed by atoms with Crippen molar-refractivity contribution >= 4 is 39.7 Å². The van der Waals surface area contributed by atoms with E-state index in [1.807, 2.05) is 18.2 Å². The molecule has 0 aliphatic carbocycles. The molecule has 0 radical (unpaired) electrons. The summed E-state index contributed by atoms with van der Waals surface area (Å²) in [5.74, 6) is 0.370. The standard InChI is InChI=1S/C23H20BrClN2O4/c1-30-20-12-15(13-26-27-23(29)21(28)16-7-3-2-4-8-16)11-18(24)22(20)31-14-17-9-5-6-10-19(17)25/h2-13,21,28H,14H2,1H3,(H,27,29)/b26-13-/t21-/m1/s1. The number of methoxy groups -OCH3 is 1. The van der Waals surface area contributed by atoms with Crippen LogP contribution in [0.5, 0.6) is 11.5 Å². The largest absolute Gasteiger partial charge is 0.493 e. The Morgan fingerprint density at radius 2 is 1.90 bits per heavy atom. The lowest BCUT2D eigenvalue weighted by Gasteiger charge is -2.14. The second kappa shape index (κ2) is 10.9. The van der Waals surface area contributed by atoms with Crippen LogP contribution in [-0.4, -0.2) is 24.3 Å². The van der Waals surface area contributed by atoms with E-state index in [0.717, 1.165) is 5.56 Å². The van der Waals surface area contributed by atoms with E-state index in [2.05, 4.69) is 26.5 Å². The molecule has 0 aliphatic rings. The maximum atomic E-state index is 12.1. The lowest BCUT2D eigenvalue weighted by Crippen LogP contribution is -2.25. The summed E-state index contributed by atoms with van der Waals surface area (Å²) in [5.41, 5.74) is 4.32. The lowest BCUT2D eigenvalue weighted by atomic mass is 10.1. The van der Waals surface area contributed by atoms with Crippen LogP contribution in [0.4, 0.5) is 0 Å². The molecule has 1 atom stereocenters. The summed E-state index contributed by atoms with van der Waals surface area (Å²) in [6.07, 6.45) is 0.140. The average Bonchev–Trinajstić information content (AvgIpc) is 2.79. The third-order valence-electron chi connectivity index (χ3n) is 4.33. The Labute approximate surface area is 193 Å². The van der Waals surface area contributed by atoms with Gasteiger partial charge in [-0.15, -0.1) is 0 Å². The highest BCUT2D eigenvalue weighted by Gasteiger charge is 2.16. The Morgan fingerprint density at radius 3 is 2.61 bits per heavy atom. The normalized spacial score (nSPS) is 11.9. The van der Waals surface area contributed by atoms with Gasteiger partial charge < -0.3 is 14.6 Å². The fourth-order valence-corrected chi connectivity index (χ4v) is 3.50. The van der Waals surface area contributed by atoms with Gasteiger partial charge >= 0.3 is 0 Å². The topological polar surface area (TPSA) is 80.2 Å². The van der Waals surface area contributed by atoms with E-state index in [9.17, 15) is 9.90 Å². The molecule has 3 aromatic rings. The second-order valence-corrected chi connectivity index (χ2v) is 7.72. The molecule has 0 unspecified atom stereocenters. The van der Waals surface area contributed by atoms with Crippen molar-refractivity contribution in [1.29, 1.82) is 0 Å². The summed E-state index contributed by atoms with van der Waals surface area (Å²) in [6.45, 7) is 0.273. The molecule has 0 bridgehead atoms. The zero-order valence-corrected chi connectivity index (χ0v) is 18.9. The first-order chi connectivity index (χ1) is 15.0. The SMILES string of the molecule is COc1cc(/C=N\NC(=O)[C@H](O)c2ccccc2)cc(Br)c1OCc1ccccc1Cl. The molecular formula is C23H20BrClN2O4. The first-order valence-corrected chi connectivity index (χ1v) is 10.5. The number of ether oxygens (including phenoxy) is 2. The molecule has 3 rings (SSSR count). The highest BCUT2D eigenvalue weighted by Crippen LogP contribution is 2.37. The van der Waals surface area contributed by atoms with E-state index in [4.69, 9.17) is 21.1 Å². The summed E-state index contributed by atoms with van der Waals surface area (Å²) < 4.78 is 12.0. The van der Waals surface area contributed by atoms with E-state index in [1.54, 1.807) is 48.5 Å². The van der Waals surface area contributed by atoms with Crippen LogP contribution in [0, 0.1) is 0 Å². The summed E-state index contributed by atoms with van der Waals surface area (Å²) in [7, 11) is 1.53. The summed E-state index contributed by atoms with van der Waals surface area (Å²) in [6, 6.07) is 19.5. The Bertz CT molecular complexity index is 1080. The van der Waals surface area contributed by atoms with Crippen LogP contribution in [0.2, 0.25) is 5.02 Å². The molecule has 6 nitrogen and oxygen atoms in total. The van der Waals surface area contributed by atoms with Crippen molar-refractivity contribution in [3.63, 3.8) is 0 Å². The van der Waals surface area contributed by atoms with Gasteiger partial charge in [-0.05, 0) is 45.3 Å². The second-order valence-electron chi connectivity index (χ2n) is 6.46. The Hall–Kier alpha value is -2.87. The van der Waals surface area contributed by atoms with Crippen LogP contribution in [0.15, 0.2) is 76.3 Å². The van der Waals surface area contributed by atoms with Crippen molar-refractivity contribution in [2.45, 2.75) is 12.7 Å². The van der Waals surface area contributed by atoms with E-state index >= 15 is 0 Å². The fraction of sp³-hybridized carbons (Fsp3) is 0.130. The van der Waals surface area contributed by atoms with Crippen molar-refractivity contribution in [3.05, 3.63) is 92.9 Å². The first-order valence-electron chi connectivity index (χ1n) is 9.29. The lowest BCUT2D eigenvalue weighted by molar-refractivity contribution is -0.129. The number of aliphatic hydroxyl groups is 1. The van der Waals surface area contributed by atoms with Crippen LogP contribution >= 0.6 is 27.5 Å². The highest BCUT2D eigenvalue weighted by molar-refractivity contribution is 9.10. The van der Waals surface area contributed by atoms with Gasteiger partial charge in [0.05, 0.1) is 17.8 Å². The van der Waals surface area contributed by atoms with Gasteiger partial charge in [0, 0.05) is 10.6 Å². The molecule has 0 aliphatic heterocycles. The van der Waals surface area contributed by atoms with Crippen LogP contribution in [0.1, 0.15) is 22.8 Å². The van der Waals surface area contributed by atoms with Gasteiger partial charge in [-0.2, -0.15) is 5.10 Å². The van der Waals surface area contributed by atoms with E-state index in [0.29, 0.717) is 32.1 Å². The molecule has 2 N–H and O–H groups in total. The number of hydrazone groups is 1. The maximum Gasteiger partial charge on any atom is 0.273 e. The molecule has 31 heavy (non-hydrogen) atoms. The number of halogens is 2. The van der Waals surface area contributed by atoms with Crippen molar-refractivity contribution < 1.29 is 19.4 Å². The van der Waals surface area contributed by atoms with Gasteiger partial charge in [-0.1, -0.05) is 60.1 Å². The number of nitrogens with one attached hydrogen (secondary N) is 1. The third kappa shape index (κ3) is 6.07. The minimum atomic E-state index is -1.31. The number of carbonyl (C=O) groups is 1. The van der Waals surface area contributed by atoms with Gasteiger partial charge in [-0.3, -0.25) is 4.79 Å². The molecule has 0 heterocycles. The molecule has 160 valence electrons. The Balaban J connectivity index is 1.67. The minimum absolute atomic E-state index is 0.273. The maximum absolute atomic E-state index is 12.1. The van der Waals surface area contributed by atoms with Crippen LogP contribution in [0.3, 0.4) is 0 Å². The number of carbonyl (C=O) groups excluding carboxylic acids is 1. The molecule has 0 fully saturated rings. The monoisotopic (exact) mass is 502 g/mol. The predicted octanol–water partition coefficient (Wildman–Crippen LogP) is 4.87. The summed E-state index contributed by atoms with van der Waals surface area (Å²) >= 11 is 9.66. The third-order valence-corrected chi connectivity index (χ3v) is 5.29. The smallest absolute Gasteiger partial charge is 0.273 e. The fourth-order valence-electron chi connectivity index (χ4n) is 2.74. The molecule has 0 saturated carbocycles. The minimum Gasteiger partial charge on any atom is -0.493 e. The van der Waals surface area contributed by atoms with Crippen LogP contribution in [-0.2, 0) is 11.4 Å². The summed E-state index contributed by atoms with van der Waals surface area (Å²) in [4.78, 5) is 12.1. The Morgan fingerprint density at radius 1 is 1.19 bits per heavy atom. The van der Waals surface area contributed by atoms with Gasteiger partial charge in [-0.25, -0.2) is 5.43 Å². The first kappa shape index (κ1) is 22.8. The molecule has 0 spiro atoms. The van der Waals surface area contributed by atoms with Crippen molar-refractivity contribution in [1.82, 2.24) is 5.43 Å². The van der Waals surface area contributed by atoms with Gasteiger partial charge in [0.1, 0.15) is 6.61 Å². The summed E-state index contributed by atoms with van der Waals surface area (Å²) in [5, 5.41) is 14.6. The number of rotatable bonds is 8. The van der Waals surface area contributed by atoms with Crippen molar-refractivity contribution in [3.8, 4) is 11.5 Å². The molecule has 8 heteroatoms. The number of hydrogen-bond donors (Lipinski definition) is 2. The Kier molecular flexibility index (Phi) is 8.06. The molecule has 3 aromatic carbocycles. The molecule has 0 saturated heterocycles. The van der Waals surface area contributed by atoms with Crippen molar-refractivity contribution in [2.24, 2.45) is 5.10 Å². The van der Waals surface area contributed by atoms with Gasteiger partial charge in [0.2, 0.25) is 0 Å². The van der Waals surface area contributed by atoms with Crippen LogP contribution in [0.25, 0.3) is 0 Å². The van der Waals surface area contributed by atoms with Crippen molar-refractivity contribution in [2.75, 3.05) is 7.11 Å². The highest BCUT2D eigenvalue weighted by atomic mass is 79.9. The van der Waals surface area contributed by atoms with Crippen LogP contribution < -0.4 is 14.9 Å². The van der Waals surface area contributed by atoms with Gasteiger partial charge in [0.15, 0.2) is 17.6 Å². The number of amides is 1. The number of aliphatic hydroxyl groups excluding tert-OH is 1. The zero-order valence-electron chi connectivity index (χ0n) is 16.6. The average molecular weight is 504 g/mol. The predicted molar refractivity (Wildman–Crippen MR) is 124 cm³/mol. The van der Waals surface area contributed by atoms with E-state index in [1.165, 1.54) is 13.3 Å². The number of hydrogen-bond acceptors (Lipinski definition) is 5. The van der Waals surface area contributed by atoms with E-state index in [-0.39, 0.29) is 6.61 Å². The number of benzene rings is 3. The van der Waals surface area contributed by atoms with Gasteiger partial charge in [0.25, 0.3) is 5.91 Å². The van der Waals surface area contributed by atoms with E-state index < -0.39 is 12.0 Å². The quantitative estimate of drug-likeness (QED) is 0.339. The molecular weight excluding hydrogens is 484 g/mol. The molecule has 1 amide bonds. The molecule has 0 aromatic heterocycles. The zero-order chi connectivity index (χ0) is 22.2. The number of nitrogens with zero attached hydrogens (tertiary/aromatic N) is 1.